The fourth-order valence-corrected chi connectivity index (χ4v) is 2.29. The van der Waals surface area contributed by atoms with Crippen molar-refractivity contribution in [3.05, 3.63) is 36.0 Å². The molecule has 25 heavy (non-hydrogen) atoms. The van der Waals surface area contributed by atoms with Gasteiger partial charge < -0.3 is 19.7 Å². The maximum absolute atomic E-state index is 12.3. The number of carbonyl (C=O) groups excluding carboxylic acids is 2. The highest BCUT2D eigenvalue weighted by Gasteiger charge is 2.22. The van der Waals surface area contributed by atoms with E-state index in [1.165, 1.54) is 11.8 Å². The number of amides is 2. The maximum Gasteiger partial charge on any atom is 0.267 e. The Hall–Kier alpha value is -2.50. The Morgan fingerprint density at radius 2 is 1.76 bits per heavy atom. The lowest BCUT2D eigenvalue weighted by molar-refractivity contribution is -0.131. The minimum absolute atomic E-state index is 0.142. The summed E-state index contributed by atoms with van der Waals surface area (Å²) in [5.41, 5.74) is 0.710. The first-order valence-corrected chi connectivity index (χ1v) is 8.09. The number of hydrogen-bond acceptors (Lipinski definition) is 4. The number of carbonyl (C=O) groups is 2. The molecule has 1 N–H and O–H groups in total. The van der Waals surface area contributed by atoms with Crippen LogP contribution in [0.15, 0.2) is 30.5 Å². The third-order valence-corrected chi connectivity index (χ3v) is 3.53. The Morgan fingerprint density at radius 3 is 2.24 bits per heavy atom. The minimum Gasteiger partial charge on any atom is -0.493 e. The molecule has 1 aromatic rings. The molecular formula is C19H28N2O4. The van der Waals surface area contributed by atoms with Gasteiger partial charge in [0.15, 0.2) is 11.5 Å². The first-order chi connectivity index (χ1) is 11.6. The fourth-order valence-electron chi connectivity index (χ4n) is 2.29. The third-order valence-electron chi connectivity index (χ3n) is 3.53. The van der Waals surface area contributed by atoms with Gasteiger partial charge in [-0.3, -0.25) is 9.59 Å². The molecule has 0 unspecified atom stereocenters. The average molecular weight is 348 g/mol. The monoisotopic (exact) mass is 348 g/mol. The van der Waals surface area contributed by atoms with Crippen molar-refractivity contribution in [3.8, 4) is 11.5 Å². The summed E-state index contributed by atoms with van der Waals surface area (Å²) in [6.45, 7) is 11.2. The van der Waals surface area contributed by atoms with Gasteiger partial charge in [-0.15, -0.1) is 0 Å². The summed E-state index contributed by atoms with van der Waals surface area (Å²) >= 11 is 0. The van der Waals surface area contributed by atoms with E-state index in [4.69, 9.17) is 9.47 Å². The van der Waals surface area contributed by atoms with Gasteiger partial charge in [-0.1, -0.05) is 12.6 Å². The zero-order chi connectivity index (χ0) is 19.2. The zero-order valence-corrected chi connectivity index (χ0v) is 15.9. The molecule has 0 aliphatic rings. The van der Waals surface area contributed by atoms with Crippen LogP contribution in [0, 0.1) is 0 Å². The van der Waals surface area contributed by atoms with Crippen molar-refractivity contribution in [2.75, 3.05) is 20.8 Å². The van der Waals surface area contributed by atoms with Crippen molar-refractivity contribution in [1.82, 2.24) is 10.2 Å². The van der Waals surface area contributed by atoms with Gasteiger partial charge in [0.05, 0.1) is 14.2 Å². The predicted molar refractivity (Wildman–Crippen MR) is 97.7 cm³/mol. The second-order valence-electron chi connectivity index (χ2n) is 6.76. The summed E-state index contributed by atoms with van der Waals surface area (Å²) in [5.74, 6) is 0.687. The second-order valence-corrected chi connectivity index (χ2v) is 6.76. The molecule has 6 heteroatoms. The molecular weight excluding hydrogens is 320 g/mol. The summed E-state index contributed by atoms with van der Waals surface area (Å²) in [4.78, 5) is 25.6. The molecule has 0 aliphatic heterocycles. The van der Waals surface area contributed by atoms with Crippen LogP contribution < -0.4 is 14.8 Å². The molecule has 0 saturated heterocycles. The van der Waals surface area contributed by atoms with E-state index in [1.807, 2.05) is 39.0 Å². The first kappa shape index (κ1) is 20.5. The van der Waals surface area contributed by atoms with E-state index < -0.39 is 5.54 Å². The smallest absolute Gasteiger partial charge is 0.267 e. The van der Waals surface area contributed by atoms with E-state index >= 15 is 0 Å². The first-order valence-electron chi connectivity index (χ1n) is 8.09. The van der Waals surface area contributed by atoms with Crippen LogP contribution in [-0.4, -0.2) is 43.0 Å². The molecule has 0 spiro atoms. The van der Waals surface area contributed by atoms with Crippen LogP contribution in [0.2, 0.25) is 0 Å². The third kappa shape index (κ3) is 6.14. The highest BCUT2D eigenvalue weighted by Crippen LogP contribution is 2.27. The molecule has 0 atom stereocenters. The van der Waals surface area contributed by atoms with Crippen LogP contribution >= 0.6 is 0 Å². The molecule has 0 saturated carbocycles. The van der Waals surface area contributed by atoms with Crippen molar-refractivity contribution < 1.29 is 19.1 Å². The largest absolute Gasteiger partial charge is 0.493 e. The summed E-state index contributed by atoms with van der Waals surface area (Å²) in [5, 5.41) is 2.82. The molecule has 2 amide bonds. The van der Waals surface area contributed by atoms with Gasteiger partial charge in [-0.2, -0.15) is 0 Å². The molecule has 6 nitrogen and oxygen atoms in total. The summed E-state index contributed by atoms with van der Waals surface area (Å²) in [6, 6.07) is 5.57. The SMILES string of the molecule is C=C(C(=O)NC(C)(C)C)N(CCc1ccc(OC)c(OC)c1)C(C)=O. The lowest BCUT2D eigenvalue weighted by Crippen LogP contribution is -2.45. The lowest BCUT2D eigenvalue weighted by atomic mass is 10.1. The molecule has 1 rings (SSSR count). The van der Waals surface area contributed by atoms with Crippen LogP contribution in [0.1, 0.15) is 33.3 Å². The average Bonchev–Trinajstić information content (AvgIpc) is 2.52. The molecule has 0 fully saturated rings. The van der Waals surface area contributed by atoms with Gasteiger partial charge in [0, 0.05) is 19.0 Å². The van der Waals surface area contributed by atoms with Gasteiger partial charge in [-0.05, 0) is 44.9 Å². The van der Waals surface area contributed by atoms with Crippen molar-refractivity contribution in [1.29, 1.82) is 0 Å². The van der Waals surface area contributed by atoms with Crippen molar-refractivity contribution in [2.45, 2.75) is 39.7 Å². The van der Waals surface area contributed by atoms with E-state index in [1.54, 1.807) is 14.2 Å². The predicted octanol–water partition coefficient (Wildman–Crippen LogP) is 2.52. The molecule has 0 radical (unpaired) electrons. The highest BCUT2D eigenvalue weighted by molar-refractivity contribution is 5.96. The Morgan fingerprint density at radius 1 is 1.16 bits per heavy atom. The van der Waals surface area contributed by atoms with Crippen LogP contribution in [0.5, 0.6) is 11.5 Å². The number of hydrogen-bond donors (Lipinski definition) is 1. The topological polar surface area (TPSA) is 67.9 Å². The van der Waals surface area contributed by atoms with Crippen molar-refractivity contribution in [2.24, 2.45) is 0 Å². The number of nitrogens with zero attached hydrogens (tertiary/aromatic N) is 1. The van der Waals surface area contributed by atoms with Crippen molar-refractivity contribution in [3.63, 3.8) is 0 Å². The number of methoxy groups -OCH3 is 2. The van der Waals surface area contributed by atoms with E-state index in [0.717, 1.165) is 5.56 Å². The molecule has 0 bridgehead atoms. The van der Waals surface area contributed by atoms with Gasteiger partial charge >= 0.3 is 0 Å². The molecule has 1 aromatic carbocycles. The normalized spacial score (nSPS) is 10.8. The molecule has 0 aliphatic carbocycles. The van der Waals surface area contributed by atoms with E-state index in [0.29, 0.717) is 24.5 Å². The molecule has 0 heterocycles. The molecule has 138 valence electrons. The van der Waals surface area contributed by atoms with Gasteiger partial charge in [0.2, 0.25) is 5.91 Å². The summed E-state index contributed by atoms with van der Waals surface area (Å²) < 4.78 is 10.5. The van der Waals surface area contributed by atoms with Crippen LogP contribution in [-0.2, 0) is 16.0 Å². The Kier molecular flexibility index (Phi) is 7.03. The quantitative estimate of drug-likeness (QED) is 0.769. The van der Waals surface area contributed by atoms with Gasteiger partial charge in [0.1, 0.15) is 5.70 Å². The highest BCUT2D eigenvalue weighted by atomic mass is 16.5. The Bertz CT molecular complexity index is 647. The lowest BCUT2D eigenvalue weighted by Gasteiger charge is -2.26. The van der Waals surface area contributed by atoms with Crippen molar-refractivity contribution >= 4 is 11.8 Å². The van der Waals surface area contributed by atoms with E-state index in [2.05, 4.69) is 11.9 Å². The summed E-state index contributed by atoms with van der Waals surface area (Å²) in [7, 11) is 3.15. The van der Waals surface area contributed by atoms with Gasteiger partial charge in [-0.25, -0.2) is 0 Å². The number of benzene rings is 1. The standard InChI is InChI=1S/C19H28N2O4/c1-13(18(23)20-19(3,4)5)21(14(2)22)11-10-15-8-9-16(24-6)17(12-15)25-7/h8-9,12H,1,10-11H2,2-7H3,(H,20,23). The second kappa shape index (κ2) is 8.55. The number of ether oxygens (including phenoxy) is 2. The fraction of sp³-hybridized carbons (Fsp3) is 0.474. The van der Waals surface area contributed by atoms with E-state index in [9.17, 15) is 9.59 Å². The Balaban J connectivity index is 2.84. The minimum atomic E-state index is -0.397. The summed E-state index contributed by atoms with van der Waals surface area (Å²) in [6.07, 6.45) is 0.557. The Labute approximate surface area is 149 Å². The van der Waals surface area contributed by atoms with Crippen LogP contribution in [0.25, 0.3) is 0 Å². The number of rotatable bonds is 7. The maximum atomic E-state index is 12.3. The number of nitrogens with one attached hydrogen (secondary N) is 1. The van der Waals surface area contributed by atoms with Crippen LogP contribution in [0.4, 0.5) is 0 Å². The molecule has 0 aromatic heterocycles. The van der Waals surface area contributed by atoms with Crippen LogP contribution in [0.3, 0.4) is 0 Å². The van der Waals surface area contributed by atoms with Gasteiger partial charge in [0.25, 0.3) is 5.91 Å². The zero-order valence-electron chi connectivity index (χ0n) is 15.9. The van der Waals surface area contributed by atoms with E-state index in [-0.39, 0.29) is 17.5 Å².